The monoisotopic (exact) mass is 614 g/mol. The number of hydrogen-bond acceptors (Lipinski definition) is 16. The zero-order chi connectivity index (χ0) is 31.6. The molecule has 0 amide bonds. The fraction of sp³-hybridized carbons (Fsp3) is 0.250. The molecule has 0 spiro atoms. The molecule has 16 heteroatoms. The van der Waals surface area contributed by atoms with Crippen LogP contribution in [0.15, 0.2) is 42.7 Å². The summed E-state index contributed by atoms with van der Waals surface area (Å²) in [5.74, 6) is -4.72. The maximum absolute atomic E-state index is 13.3. The Morgan fingerprint density at radius 1 is 0.795 bits per heavy atom. The fourth-order valence-electron chi connectivity index (χ4n) is 4.98. The standard InChI is InChI=1S/C28H22O16/c1-38-21-14(41-25(35)8-3-11(29)18(32)12(30)4-8)5-9-16-17-10(27(37)43-23(16)21)6-15(22(39-2)24(17)44-26(9)36)42-28-20(34)19(33)13(31)7-40-28/h3-6,13,19-20,28-34H,7H2,1-2H3/t13-,19+,20-,28+/m1/s1. The van der Waals surface area contributed by atoms with Gasteiger partial charge in [0.25, 0.3) is 0 Å². The summed E-state index contributed by atoms with van der Waals surface area (Å²) in [6.07, 6.45) is -6.18. The molecule has 0 radical (unpaired) electrons. The molecule has 1 saturated heterocycles. The molecule has 0 saturated carbocycles. The van der Waals surface area contributed by atoms with Crippen molar-refractivity contribution in [3.63, 3.8) is 0 Å². The number of esters is 1. The highest BCUT2D eigenvalue weighted by Crippen LogP contribution is 2.46. The number of aromatic hydroxyl groups is 3. The number of carbonyl (C=O) groups excluding carboxylic acids is 1. The Balaban J connectivity index is 1.53. The molecular weight excluding hydrogens is 592 g/mol. The fourth-order valence-corrected chi connectivity index (χ4v) is 4.98. The van der Waals surface area contributed by atoms with Gasteiger partial charge >= 0.3 is 17.2 Å². The molecule has 3 aromatic carbocycles. The van der Waals surface area contributed by atoms with Crippen LogP contribution in [-0.4, -0.2) is 82.0 Å². The third-order valence-corrected chi connectivity index (χ3v) is 7.10. The van der Waals surface area contributed by atoms with E-state index in [1.807, 2.05) is 0 Å². The summed E-state index contributed by atoms with van der Waals surface area (Å²) in [6, 6.07) is 3.94. The minimum Gasteiger partial charge on any atom is -0.504 e. The van der Waals surface area contributed by atoms with Crippen LogP contribution in [-0.2, 0) is 4.74 Å². The van der Waals surface area contributed by atoms with E-state index in [4.69, 9.17) is 32.5 Å². The lowest BCUT2D eigenvalue weighted by atomic mass is 10.0. The van der Waals surface area contributed by atoms with Crippen molar-refractivity contribution in [1.29, 1.82) is 0 Å². The maximum atomic E-state index is 13.3. The second-order valence-electron chi connectivity index (χ2n) is 9.72. The Labute approximate surface area is 243 Å². The molecule has 1 fully saturated rings. The summed E-state index contributed by atoms with van der Waals surface area (Å²) in [5.41, 5.74) is -2.94. The SMILES string of the molecule is COc1c(OC(=O)c2cc(O)c(O)c(O)c2)cc2c(=O)oc3c(OC)c(O[C@@H]4OC[C@@H](O)[C@H](O)[C@H]4O)cc4c(=O)oc1c2c34. The van der Waals surface area contributed by atoms with Gasteiger partial charge < -0.3 is 63.2 Å². The van der Waals surface area contributed by atoms with Gasteiger partial charge in [0.1, 0.15) is 18.3 Å². The largest absolute Gasteiger partial charge is 0.504 e. The van der Waals surface area contributed by atoms with Gasteiger partial charge in [0.15, 0.2) is 39.9 Å². The third-order valence-electron chi connectivity index (χ3n) is 7.10. The molecular formula is C28H22O16. The van der Waals surface area contributed by atoms with Gasteiger partial charge in [-0.1, -0.05) is 0 Å². The summed E-state index contributed by atoms with van der Waals surface area (Å²) < 4.78 is 38.2. The van der Waals surface area contributed by atoms with Gasteiger partial charge in [-0.3, -0.25) is 0 Å². The van der Waals surface area contributed by atoms with E-state index < -0.39 is 64.8 Å². The van der Waals surface area contributed by atoms with E-state index in [0.29, 0.717) is 0 Å². The normalized spacial score (nSPS) is 20.3. The van der Waals surface area contributed by atoms with Gasteiger partial charge in [-0.05, 0) is 18.2 Å². The van der Waals surface area contributed by atoms with E-state index in [9.17, 15) is 45.0 Å². The van der Waals surface area contributed by atoms with Gasteiger partial charge in [0.05, 0.1) is 37.2 Å². The van der Waals surface area contributed by atoms with Crippen molar-refractivity contribution in [2.75, 3.05) is 20.8 Å². The zero-order valence-electron chi connectivity index (χ0n) is 22.6. The average molecular weight is 614 g/mol. The molecule has 1 aliphatic heterocycles. The minimum atomic E-state index is -1.70. The summed E-state index contributed by atoms with van der Waals surface area (Å²) >= 11 is 0. The van der Waals surface area contributed by atoms with Gasteiger partial charge in [0, 0.05) is 16.8 Å². The number of methoxy groups -OCH3 is 2. The Kier molecular flexibility index (Phi) is 6.85. The van der Waals surface area contributed by atoms with Crippen LogP contribution in [0.2, 0.25) is 0 Å². The maximum Gasteiger partial charge on any atom is 0.344 e. The van der Waals surface area contributed by atoms with Crippen molar-refractivity contribution in [3.8, 4) is 40.2 Å². The van der Waals surface area contributed by atoms with E-state index in [1.54, 1.807) is 0 Å². The first-order chi connectivity index (χ1) is 20.9. The van der Waals surface area contributed by atoms with Crippen LogP contribution in [0.4, 0.5) is 0 Å². The van der Waals surface area contributed by atoms with Crippen molar-refractivity contribution < 1.29 is 68.0 Å². The first-order valence-corrected chi connectivity index (χ1v) is 12.7. The molecule has 3 heterocycles. The van der Waals surface area contributed by atoms with E-state index in [0.717, 1.165) is 18.2 Å². The highest BCUT2D eigenvalue weighted by molar-refractivity contribution is 6.22. The number of ether oxygens (including phenoxy) is 5. The molecule has 1 aliphatic rings. The highest BCUT2D eigenvalue weighted by atomic mass is 16.7. The average Bonchev–Trinajstić information content (AvgIpc) is 2.99. The number of hydrogen-bond donors (Lipinski definition) is 6. The second kappa shape index (κ2) is 10.5. The summed E-state index contributed by atoms with van der Waals surface area (Å²) in [6.45, 7) is -0.376. The Morgan fingerprint density at radius 3 is 1.86 bits per heavy atom. The Hall–Kier alpha value is -5.29. The molecule has 6 N–H and O–H groups in total. The molecule has 5 aromatic rings. The smallest absolute Gasteiger partial charge is 0.344 e. The summed E-state index contributed by atoms with van der Waals surface area (Å²) in [5, 5.41) is 58.9. The van der Waals surface area contributed by atoms with Crippen molar-refractivity contribution in [3.05, 3.63) is 50.7 Å². The highest BCUT2D eigenvalue weighted by Gasteiger charge is 2.40. The van der Waals surface area contributed by atoms with Crippen LogP contribution >= 0.6 is 0 Å². The van der Waals surface area contributed by atoms with Crippen molar-refractivity contribution >= 4 is 38.7 Å². The Bertz CT molecular complexity index is 2040. The van der Waals surface area contributed by atoms with E-state index in [2.05, 4.69) is 0 Å². The van der Waals surface area contributed by atoms with E-state index in [-0.39, 0.29) is 62.1 Å². The molecule has 44 heavy (non-hydrogen) atoms. The van der Waals surface area contributed by atoms with Crippen LogP contribution in [0.1, 0.15) is 10.4 Å². The van der Waals surface area contributed by atoms with Crippen molar-refractivity contribution in [1.82, 2.24) is 0 Å². The molecule has 4 atom stereocenters. The predicted octanol–water partition coefficient (Wildman–Crippen LogP) is 0.661. The number of phenolic OH excluding ortho intramolecular Hbond substituents is 3. The number of rotatable bonds is 6. The first kappa shape index (κ1) is 28.8. The lowest BCUT2D eigenvalue weighted by Crippen LogP contribution is -2.54. The van der Waals surface area contributed by atoms with E-state index >= 15 is 0 Å². The number of benzene rings is 3. The lowest BCUT2D eigenvalue weighted by Gasteiger charge is -2.35. The first-order valence-electron chi connectivity index (χ1n) is 12.7. The molecule has 0 bridgehead atoms. The number of phenols is 3. The third kappa shape index (κ3) is 4.35. The van der Waals surface area contributed by atoms with Crippen molar-refractivity contribution in [2.24, 2.45) is 0 Å². The van der Waals surface area contributed by atoms with Gasteiger partial charge in [-0.25, -0.2) is 14.4 Å². The lowest BCUT2D eigenvalue weighted by molar-refractivity contribution is -0.242. The molecule has 2 aromatic heterocycles. The summed E-state index contributed by atoms with van der Waals surface area (Å²) in [4.78, 5) is 39.5. The van der Waals surface area contributed by atoms with Gasteiger partial charge in [-0.15, -0.1) is 0 Å². The van der Waals surface area contributed by atoms with Gasteiger partial charge in [-0.2, -0.15) is 0 Å². The molecule has 16 nitrogen and oxygen atoms in total. The molecule has 0 aliphatic carbocycles. The number of carbonyl (C=O) groups is 1. The number of aliphatic hydroxyl groups excluding tert-OH is 3. The second-order valence-corrected chi connectivity index (χ2v) is 9.72. The van der Waals surface area contributed by atoms with Crippen LogP contribution < -0.4 is 30.2 Å². The molecule has 6 rings (SSSR count). The van der Waals surface area contributed by atoms with Crippen LogP contribution in [0.3, 0.4) is 0 Å². The van der Waals surface area contributed by atoms with E-state index in [1.165, 1.54) is 20.3 Å². The Morgan fingerprint density at radius 2 is 1.32 bits per heavy atom. The predicted molar refractivity (Wildman–Crippen MR) is 145 cm³/mol. The molecule has 230 valence electrons. The topological polar surface area (TPSA) is 245 Å². The van der Waals surface area contributed by atoms with Crippen LogP contribution in [0.25, 0.3) is 32.7 Å². The zero-order valence-corrected chi connectivity index (χ0v) is 22.6. The molecule has 0 unspecified atom stereocenters. The van der Waals surface area contributed by atoms with Crippen molar-refractivity contribution in [2.45, 2.75) is 24.6 Å². The van der Waals surface area contributed by atoms with Crippen LogP contribution in [0.5, 0.6) is 40.2 Å². The van der Waals surface area contributed by atoms with Gasteiger partial charge in [0.2, 0.25) is 17.8 Å². The summed E-state index contributed by atoms with van der Waals surface area (Å²) in [7, 11) is 2.40. The number of aliphatic hydroxyl groups is 3. The minimum absolute atomic E-state index is 0.0276. The van der Waals surface area contributed by atoms with Crippen LogP contribution in [0, 0.1) is 0 Å². The quantitative estimate of drug-likeness (QED) is 0.0505.